The second-order valence-electron chi connectivity index (χ2n) is 4.11. The van der Waals surface area contributed by atoms with Crippen molar-refractivity contribution < 1.29 is 13.2 Å². The zero-order valence-corrected chi connectivity index (χ0v) is 11.7. The molecule has 0 fully saturated rings. The van der Waals surface area contributed by atoms with Crippen LogP contribution in [-0.2, 0) is 12.6 Å². The summed E-state index contributed by atoms with van der Waals surface area (Å²) in [5, 5.41) is -0.761. The molecule has 0 aliphatic carbocycles. The second kappa shape index (κ2) is 5.55. The lowest BCUT2D eigenvalue weighted by Crippen LogP contribution is -2.10. The molecule has 1 unspecified atom stereocenters. The van der Waals surface area contributed by atoms with Gasteiger partial charge in [-0.2, -0.15) is 13.2 Å². The molecule has 0 bridgehead atoms. The first kappa shape index (κ1) is 14.4. The van der Waals surface area contributed by atoms with Gasteiger partial charge in [0, 0.05) is 9.75 Å². The highest BCUT2D eigenvalue weighted by atomic mass is 35.5. The summed E-state index contributed by atoms with van der Waals surface area (Å²) in [5.41, 5.74) is -0.553. The normalized spacial score (nSPS) is 13.5. The topological polar surface area (TPSA) is 0 Å². The number of thiophene rings is 1. The fourth-order valence-corrected chi connectivity index (χ4v) is 3.20. The quantitative estimate of drug-likeness (QED) is 0.642. The summed E-state index contributed by atoms with van der Waals surface area (Å²) < 4.78 is 38.8. The first-order chi connectivity index (χ1) is 8.93. The van der Waals surface area contributed by atoms with Gasteiger partial charge in [0.1, 0.15) is 0 Å². The molecule has 0 nitrogen and oxygen atoms in total. The molecule has 0 saturated heterocycles. The van der Waals surface area contributed by atoms with Crippen LogP contribution in [0.4, 0.5) is 13.2 Å². The van der Waals surface area contributed by atoms with E-state index < -0.39 is 17.1 Å². The third-order valence-corrected chi connectivity index (χ3v) is 4.71. The Morgan fingerprint density at radius 3 is 2.42 bits per heavy atom. The highest BCUT2D eigenvalue weighted by molar-refractivity contribution is 7.12. The van der Waals surface area contributed by atoms with Crippen molar-refractivity contribution in [2.24, 2.45) is 0 Å². The van der Waals surface area contributed by atoms with Crippen LogP contribution in [0.3, 0.4) is 0 Å². The number of rotatable bonds is 3. The Bertz CT molecular complexity index is 560. The lowest BCUT2D eigenvalue weighted by molar-refractivity contribution is -0.138. The van der Waals surface area contributed by atoms with Crippen molar-refractivity contribution in [1.82, 2.24) is 0 Å². The van der Waals surface area contributed by atoms with Gasteiger partial charge >= 0.3 is 6.18 Å². The van der Waals surface area contributed by atoms with Crippen molar-refractivity contribution in [3.63, 3.8) is 0 Å². The van der Waals surface area contributed by atoms with Crippen LogP contribution in [0.1, 0.15) is 33.2 Å². The van der Waals surface area contributed by atoms with Crippen molar-refractivity contribution in [1.29, 1.82) is 0 Å². The van der Waals surface area contributed by atoms with E-state index in [4.69, 9.17) is 11.6 Å². The third-order valence-electron chi connectivity index (χ3n) is 2.82. The van der Waals surface area contributed by atoms with Crippen LogP contribution in [0, 0.1) is 0 Å². The third kappa shape index (κ3) is 3.12. The number of alkyl halides is 4. The Labute approximate surface area is 118 Å². The summed E-state index contributed by atoms with van der Waals surface area (Å²) in [7, 11) is 0. The van der Waals surface area contributed by atoms with Gasteiger partial charge in [0.25, 0.3) is 0 Å². The van der Waals surface area contributed by atoms with E-state index in [1.54, 1.807) is 12.1 Å². The average Bonchev–Trinajstić information content (AvgIpc) is 2.85. The van der Waals surface area contributed by atoms with Crippen molar-refractivity contribution in [3.05, 3.63) is 57.3 Å². The lowest BCUT2D eigenvalue weighted by Gasteiger charge is -2.15. The van der Waals surface area contributed by atoms with E-state index in [2.05, 4.69) is 0 Å². The van der Waals surface area contributed by atoms with Crippen LogP contribution in [0.2, 0.25) is 0 Å². The molecular formula is C14H12ClF3S. The van der Waals surface area contributed by atoms with Gasteiger partial charge < -0.3 is 0 Å². The number of halogens is 4. The molecule has 5 heteroatoms. The summed E-state index contributed by atoms with van der Waals surface area (Å²) in [4.78, 5) is 1.86. The number of benzene rings is 1. The van der Waals surface area contributed by atoms with Crippen LogP contribution in [0.15, 0.2) is 36.4 Å². The largest absolute Gasteiger partial charge is 0.416 e. The van der Waals surface area contributed by atoms with Crippen LogP contribution in [0.5, 0.6) is 0 Å². The van der Waals surface area contributed by atoms with E-state index in [1.165, 1.54) is 23.5 Å². The summed E-state index contributed by atoms with van der Waals surface area (Å²) in [6.45, 7) is 2.00. The van der Waals surface area contributed by atoms with Crippen molar-refractivity contribution >= 4 is 22.9 Å². The minimum Gasteiger partial charge on any atom is -0.166 e. The molecule has 2 aromatic rings. The standard InChI is InChI=1S/C14H12ClF3S/c1-2-9-7-8-12(19-9)13(15)10-5-3-4-6-11(10)14(16,17)18/h3-8,13H,2H2,1H3. The zero-order valence-electron chi connectivity index (χ0n) is 10.2. The first-order valence-electron chi connectivity index (χ1n) is 5.82. The molecule has 0 amide bonds. The van der Waals surface area contributed by atoms with Crippen molar-refractivity contribution in [2.45, 2.75) is 24.9 Å². The molecule has 0 aliphatic rings. The van der Waals surface area contributed by atoms with Crippen LogP contribution >= 0.6 is 22.9 Å². The van der Waals surface area contributed by atoms with Crippen LogP contribution in [0.25, 0.3) is 0 Å². The molecule has 102 valence electrons. The number of aryl methyl sites for hydroxylation is 1. The van der Waals surface area contributed by atoms with Crippen LogP contribution < -0.4 is 0 Å². The van der Waals surface area contributed by atoms with Gasteiger partial charge in [-0.1, -0.05) is 25.1 Å². The van der Waals surface area contributed by atoms with Crippen molar-refractivity contribution in [2.75, 3.05) is 0 Å². The van der Waals surface area contributed by atoms with E-state index in [0.717, 1.165) is 22.2 Å². The van der Waals surface area contributed by atoms with E-state index in [1.807, 2.05) is 13.0 Å². The molecule has 0 spiro atoms. The smallest absolute Gasteiger partial charge is 0.166 e. The van der Waals surface area contributed by atoms with Gasteiger partial charge in [0.05, 0.1) is 10.9 Å². The molecule has 0 saturated carbocycles. The van der Waals surface area contributed by atoms with E-state index in [9.17, 15) is 13.2 Å². The Morgan fingerprint density at radius 2 is 1.84 bits per heavy atom. The molecule has 1 aromatic heterocycles. The summed E-state index contributed by atoms with van der Waals surface area (Å²) in [5.74, 6) is 0. The Morgan fingerprint density at radius 1 is 1.16 bits per heavy atom. The van der Waals surface area contributed by atoms with Gasteiger partial charge in [0.15, 0.2) is 0 Å². The lowest BCUT2D eigenvalue weighted by atomic mass is 10.0. The number of hydrogen-bond donors (Lipinski definition) is 0. The Kier molecular flexibility index (Phi) is 4.21. The predicted octanol–water partition coefficient (Wildman–Crippen LogP) is 5.66. The van der Waals surface area contributed by atoms with Gasteiger partial charge in [0.2, 0.25) is 0 Å². The maximum Gasteiger partial charge on any atom is 0.416 e. The fourth-order valence-electron chi connectivity index (χ4n) is 1.85. The summed E-state index contributed by atoms with van der Waals surface area (Å²) in [6, 6.07) is 9.17. The Hall–Kier alpha value is -1.00. The van der Waals surface area contributed by atoms with E-state index in [-0.39, 0.29) is 5.56 Å². The minimum atomic E-state index is -4.38. The molecule has 1 heterocycles. The van der Waals surface area contributed by atoms with E-state index in [0.29, 0.717) is 0 Å². The maximum absolute atomic E-state index is 12.9. The highest BCUT2D eigenvalue weighted by Crippen LogP contribution is 2.41. The molecule has 0 radical (unpaired) electrons. The molecule has 19 heavy (non-hydrogen) atoms. The molecule has 0 N–H and O–H groups in total. The zero-order chi connectivity index (χ0) is 14.0. The molecule has 0 aliphatic heterocycles. The summed E-state index contributed by atoms with van der Waals surface area (Å²) in [6.07, 6.45) is -3.52. The SMILES string of the molecule is CCc1ccc(C(Cl)c2ccccc2C(F)(F)F)s1. The second-order valence-corrected chi connectivity index (χ2v) is 5.74. The molecule has 2 rings (SSSR count). The predicted molar refractivity (Wildman–Crippen MR) is 72.8 cm³/mol. The van der Waals surface area contributed by atoms with Crippen molar-refractivity contribution in [3.8, 4) is 0 Å². The van der Waals surface area contributed by atoms with E-state index >= 15 is 0 Å². The highest BCUT2D eigenvalue weighted by Gasteiger charge is 2.35. The maximum atomic E-state index is 12.9. The minimum absolute atomic E-state index is 0.112. The molecule has 1 aromatic carbocycles. The first-order valence-corrected chi connectivity index (χ1v) is 7.07. The number of hydrogen-bond acceptors (Lipinski definition) is 1. The van der Waals surface area contributed by atoms with Gasteiger partial charge in [-0.3, -0.25) is 0 Å². The molecule has 1 atom stereocenters. The fraction of sp³-hybridized carbons (Fsp3) is 0.286. The monoisotopic (exact) mass is 304 g/mol. The molecular weight excluding hydrogens is 293 g/mol. The average molecular weight is 305 g/mol. The van der Waals surface area contributed by atoms with Gasteiger partial charge in [-0.05, 0) is 30.2 Å². The van der Waals surface area contributed by atoms with Crippen LogP contribution in [-0.4, -0.2) is 0 Å². The Balaban J connectivity index is 2.41. The van der Waals surface area contributed by atoms with Gasteiger partial charge in [-0.25, -0.2) is 0 Å². The summed E-state index contributed by atoms with van der Waals surface area (Å²) >= 11 is 7.68. The van der Waals surface area contributed by atoms with Gasteiger partial charge in [-0.15, -0.1) is 22.9 Å².